The standard InChI is InChI=1S/C13H16N6OS/c1-3-5-14-13-17-11(9-4-6-21-12(9)18-13)15-7-10-16-8(2)19-20-10/h4,6H,3,5,7H2,1-2H3,(H2,14,15,17,18). The van der Waals surface area contributed by atoms with Crippen molar-refractivity contribution in [1.82, 2.24) is 20.1 Å². The van der Waals surface area contributed by atoms with Crippen LogP contribution in [0.1, 0.15) is 25.1 Å². The first kappa shape index (κ1) is 13.7. The van der Waals surface area contributed by atoms with Crippen LogP contribution in [0.2, 0.25) is 0 Å². The molecule has 0 spiro atoms. The second kappa shape index (κ2) is 6.04. The average molecular weight is 304 g/mol. The van der Waals surface area contributed by atoms with Gasteiger partial charge in [-0.15, -0.1) is 11.3 Å². The van der Waals surface area contributed by atoms with Gasteiger partial charge in [-0.1, -0.05) is 12.1 Å². The molecule has 3 heterocycles. The minimum Gasteiger partial charge on any atom is -0.360 e. The van der Waals surface area contributed by atoms with Crippen molar-refractivity contribution in [3.8, 4) is 0 Å². The van der Waals surface area contributed by atoms with E-state index in [1.807, 2.05) is 11.4 Å². The lowest BCUT2D eigenvalue weighted by Crippen LogP contribution is -2.08. The molecule has 0 unspecified atom stereocenters. The first-order valence-electron chi connectivity index (χ1n) is 6.78. The van der Waals surface area contributed by atoms with Crippen LogP contribution in [0.3, 0.4) is 0 Å². The molecule has 0 aliphatic rings. The summed E-state index contributed by atoms with van der Waals surface area (Å²) >= 11 is 1.59. The van der Waals surface area contributed by atoms with Crippen LogP contribution >= 0.6 is 11.3 Å². The van der Waals surface area contributed by atoms with E-state index in [0.29, 0.717) is 24.2 Å². The highest BCUT2D eigenvalue weighted by atomic mass is 32.1. The first-order chi connectivity index (χ1) is 10.3. The zero-order valence-corrected chi connectivity index (χ0v) is 12.7. The molecular formula is C13H16N6OS. The molecule has 3 aromatic rings. The van der Waals surface area contributed by atoms with Crippen molar-refractivity contribution in [1.29, 1.82) is 0 Å². The number of rotatable bonds is 6. The summed E-state index contributed by atoms with van der Waals surface area (Å²) in [5, 5.41) is 13.2. The van der Waals surface area contributed by atoms with Gasteiger partial charge in [0.1, 0.15) is 10.6 Å². The Morgan fingerprint density at radius 2 is 2.14 bits per heavy atom. The molecule has 7 nitrogen and oxygen atoms in total. The third kappa shape index (κ3) is 3.10. The van der Waals surface area contributed by atoms with Crippen molar-refractivity contribution in [2.24, 2.45) is 0 Å². The fraction of sp³-hybridized carbons (Fsp3) is 0.385. The van der Waals surface area contributed by atoms with Crippen LogP contribution in [-0.2, 0) is 6.54 Å². The molecule has 0 radical (unpaired) electrons. The van der Waals surface area contributed by atoms with E-state index in [9.17, 15) is 0 Å². The number of thiophene rings is 1. The Kier molecular flexibility index (Phi) is 3.96. The lowest BCUT2D eigenvalue weighted by Gasteiger charge is -2.08. The van der Waals surface area contributed by atoms with Gasteiger partial charge in [-0.05, 0) is 24.8 Å². The Balaban J connectivity index is 1.83. The lowest BCUT2D eigenvalue weighted by atomic mass is 10.3. The third-order valence-corrected chi connectivity index (χ3v) is 3.64. The maximum absolute atomic E-state index is 5.09. The maximum Gasteiger partial charge on any atom is 0.245 e. The smallest absolute Gasteiger partial charge is 0.245 e. The largest absolute Gasteiger partial charge is 0.360 e. The summed E-state index contributed by atoms with van der Waals surface area (Å²) in [7, 11) is 0. The second-order valence-corrected chi connectivity index (χ2v) is 5.45. The molecule has 0 fully saturated rings. The van der Waals surface area contributed by atoms with E-state index in [1.165, 1.54) is 0 Å². The molecule has 0 saturated heterocycles. The SMILES string of the molecule is CCCNc1nc(NCc2nc(C)no2)c2ccsc2n1. The predicted molar refractivity (Wildman–Crippen MR) is 82.6 cm³/mol. The van der Waals surface area contributed by atoms with Gasteiger partial charge in [0.15, 0.2) is 5.82 Å². The summed E-state index contributed by atoms with van der Waals surface area (Å²) in [4.78, 5) is 14.1. The molecule has 3 aromatic heterocycles. The molecule has 2 N–H and O–H groups in total. The summed E-state index contributed by atoms with van der Waals surface area (Å²) in [5.41, 5.74) is 0. The molecule has 0 aromatic carbocycles. The molecule has 8 heteroatoms. The molecule has 0 bridgehead atoms. The van der Waals surface area contributed by atoms with Gasteiger partial charge in [0.05, 0.1) is 11.9 Å². The molecule has 0 atom stereocenters. The molecule has 110 valence electrons. The van der Waals surface area contributed by atoms with Crippen LogP contribution in [0.4, 0.5) is 11.8 Å². The van der Waals surface area contributed by atoms with Crippen LogP contribution in [0.15, 0.2) is 16.0 Å². The van der Waals surface area contributed by atoms with Crippen molar-refractivity contribution in [2.45, 2.75) is 26.8 Å². The minimum absolute atomic E-state index is 0.440. The Labute approximate surface area is 125 Å². The molecular weight excluding hydrogens is 288 g/mol. The number of anilines is 2. The Bertz CT molecular complexity index is 737. The van der Waals surface area contributed by atoms with E-state index in [1.54, 1.807) is 18.3 Å². The van der Waals surface area contributed by atoms with Gasteiger partial charge < -0.3 is 15.2 Å². The molecule has 0 amide bonds. The highest BCUT2D eigenvalue weighted by Crippen LogP contribution is 2.26. The summed E-state index contributed by atoms with van der Waals surface area (Å²) in [6, 6.07) is 2.00. The van der Waals surface area contributed by atoms with E-state index in [-0.39, 0.29) is 0 Å². The summed E-state index contributed by atoms with van der Waals surface area (Å²) < 4.78 is 5.09. The van der Waals surface area contributed by atoms with Crippen molar-refractivity contribution >= 4 is 33.3 Å². The molecule has 0 aliphatic heterocycles. The molecule has 0 aliphatic carbocycles. The summed E-state index contributed by atoms with van der Waals surface area (Å²) in [6.07, 6.45) is 1.02. The second-order valence-electron chi connectivity index (χ2n) is 4.55. The van der Waals surface area contributed by atoms with Crippen molar-refractivity contribution in [3.05, 3.63) is 23.2 Å². The van der Waals surface area contributed by atoms with Gasteiger partial charge in [-0.25, -0.2) is 4.98 Å². The highest BCUT2D eigenvalue weighted by Gasteiger charge is 2.10. The predicted octanol–water partition coefficient (Wildman–Crippen LogP) is 2.82. The van der Waals surface area contributed by atoms with Gasteiger partial charge in [-0.3, -0.25) is 0 Å². The van der Waals surface area contributed by atoms with Crippen LogP contribution in [0.25, 0.3) is 10.2 Å². The Hall–Kier alpha value is -2.22. The average Bonchev–Trinajstić information content (AvgIpc) is 3.11. The normalized spacial score (nSPS) is 11.0. The van der Waals surface area contributed by atoms with Gasteiger partial charge in [0.2, 0.25) is 11.8 Å². The van der Waals surface area contributed by atoms with Gasteiger partial charge in [0, 0.05) is 6.54 Å². The van der Waals surface area contributed by atoms with E-state index >= 15 is 0 Å². The van der Waals surface area contributed by atoms with E-state index in [2.05, 4.69) is 37.7 Å². The lowest BCUT2D eigenvalue weighted by molar-refractivity contribution is 0.379. The Morgan fingerprint density at radius 3 is 2.90 bits per heavy atom. The molecule has 21 heavy (non-hydrogen) atoms. The fourth-order valence-corrected chi connectivity index (χ4v) is 2.64. The van der Waals surface area contributed by atoms with Crippen molar-refractivity contribution in [2.75, 3.05) is 17.2 Å². The maximum atomic E-state index is 5.09. The van der Waals surface area contributed by atoms with E-state index in [0.717, 1.165) is 29.0 Å². The van der Waals surface area contributed by atoms with Crippen LogP contribution in [-0.4, -0.2) is 26.7 Å². The van der Waals surface area contributed by atoms with Gasteiger partial charge >= 0.3 is 0 Å². The zero-order chi connectivity index (χ0) is 14.7. The third-order valence-electron chi connectivity index (χ3n) is 2.83. The monoisotopic (exact) mass is 304 g/mol. The van der Waals surface area contributed by atoms with Crippen molar-refractivity contribution in [3.63, 3.8) is 0 Å². The van der Waals surface area contributed by atoms with E-state index in [4.69, 9.17) is 4.52 Å². The summed E-state index contributed by atoms with van der Waals surface area (Å²) in [5.74, 6) is 2.57. The number of fused-ring (bicyclic) bond motifs is 1. The number of nitrogens with one attached hydrogen (secondary N) is 2. The summed E-state index contributed by atoms with van der Waals surface area (Å²) in [6.45, 7) is 5.18. The van der Waals surface area contributed by atoms with E-state index < -0.39 is 0 Å². The number of nitrogens with zero attached hydrogens (tertiary/aromatic N) is 4. The number of hydrogen-bond donors (Lipinski definition) is 2. The van der Waals surface area contributed by atoms with Crippen molar-refractivity contribution < 1.29 is 4.52 Å². The number of aryl methyl sites for hydroxylation is 1. The zero-order valence-electron chi connectivity index (χ0n) is 11.9. The number of aromatic nitrogens is 4. The first-order valence-corrected chi connectivity index (χ1v) is 7.66. The topological polar surface area (TPSA) is 88.8 Å². The Morgan fingerprint density at radius 1 is 1.24 bits per heavy atom. The fourth-order valence-electron chi connectivity index (χ4n) is 1.88. The molecule has 3 rings (SSSR count). The van der Waals surface area contributed by atoms with Crippen LogP contribution in [0, 0.1) is 6.92 Å². The van der Waals surface area contributed by atoms with Gasteiger partial charge in [-0.2, -0.15) is 9.97 Å². The number of hydrogen-bond acceptors (Lipinski definition) is 8. The molecule has 0 saturated carbocycles. The van der Waals surface area contributed by atoms with Crippen LogP contribution < -0.4 is 10.6 Å². The quantitative estimate of drug-likeness (QED) is 0.723. The van der Waals surface area contributed by atoms with Crippen LogP contribution in [0.5, 0.6) is 0 Å². The highest BCUT2D eigenvalue weighted by molar-refractivity contribution is 7.16. The van der Waals surface area contributed by atoms with Gasteiger partial charge in [0.25, 0.3) is 0 Å². The minimum atomic E-state index is 0.440.